The highest BCUT2D eigenvalue weighted by molar-refractivity contribution is 6.19. The molecule has 0 bridgehead atoms. The Morgan fingerprint density at radius 1 is 0.840 bits per heavy atom. The monoisotopic (exact) mass is 356 g/mol. The Labute approximate surface area is 153 Å². The first-order valence-corrected chi connectivity index (χ1v) is 8.90. The predicted octanol–water partition coefficient (Wildman–Crippen LogP) is 0.659. The summed E-state index contributed by atoms with van der Waals surface area (Å²) in [5.41, 5.74) is 0.859. The van der Waals surface area contributed by atoms with Crippen LogP contribution in [0.4, 0.5) is 0 Å². The van der Waals surface area contributed by atoms with Crippen LogP contribution in [0.25, 0.3) is 0 Å². The normalized spacial score (nSPS) is 10.6. The quantitative estimate of drug-likeness (QED) is 0.262. The Morgan fingerprint density at radius 2 is 1.36 bits per heavy atom. The molecule has 0 spiro atoms. The van der Waals surface area contributed by atoms with Gasteiger partial charge in [0.05, 0.1) is 54.1 Å². The number of hydrogen-bond donors (Lipinski definition) is 2. The zero-order chi connectivity index (χ0) is 18.6. The summed E-state index contributed by atoms with van der Waals surface area (Å²) in [6.07, 6.45) is 1.70. The second kappa shape index (κ2) is 19.2. The van der Waals surface area contributed by atoms with Crippen molar-refractivity contribution in [2.24, 2.45) is 0 Å². The molecule has 0 aliphatic heterocycles. The van der Waals surface area contributed by atoms with Gasteiger partial charge in [0.1, 0.15) is 0 Å². The van der Waals surface area contributed by atoms with E-state index in [0.717, 1.165) is 18.7 Å². The smallest absolute Gasteiger partial charge is 0.211 e. The summed E-state index contributed by atoms with van der Waals surface area (Å²) in [7, 11) is 5.19. The van der Waals surface area contributed by atoms with E-state index >= 15 is 0 Å². The SMILES string of the molecule is [B]CC(=O)NCCC(=C)NCCOCCOCCOCCOCCC. The minimum Gasteiger partial charge on any atom is -0.386 e. The van der Waals surface area contributed by atoms with Gasteiger partial charge in [-0.05, 0) is 12.7 Å². The largest absolute Gasteiger partial charge is 0.386 e. The molecule has 2 radical (unpaired) electrons. The van der Waals surface area contributed by atoms with Crippen molar-refractivity contribution in [1.29, 1.82) is 0 Å². The zero-order valence-electron chi connectivity index (χ0n) is 15.5. The summed E-state index contributed by atoms with van der Waals surface area (Å²) in [6.45, 7) is 12.0. The standard InChI is InChI=1S/C17H33BN2O5/c1-3-7-22-9-11-24-13-14-25-12-10-23-8-6-19-16(2)4-5-20-17(21)15-18/h19H,2-15H2,1H3,(H,20,21). The van der Waals surface area contributed by atoms with Crippen LogP contribution in [-0.2, 0) is 23.7 Å². The number of carbonyl (C=O) groups is 1. The van der Waals surface area contributed by atoms with Crippen LogP contribution in [0.2, 0.25) is 6.32 Å². The summed E-state index contributed by atoms with van der Waals surface area (Å²) in [6, 6.07) is 0. The first kappa shape index (κ1) is 23.9. The van der Waals surface area contributed by atoms with E-state index in [1.165, 1.54) is 0 Å². The summed E-state index contributed by atoms with van der Waals surface area (Å²) in [5, 5.41) is 5.82. The molecular weight excluding hydrogens is 323 g/mol. The lowest BCUT2D eigenvalue weighted by Gasteiger charge is -2.11. The fraction of sp³-hybridized carbons (Fsp3) is 0.824. The molecule has 144 valence electrons. The molecule has 0 aromatic heterocycles. The fourth-order valence-corrected chi connectivity index (χ4v) is 1.72. The lowest BCUT2D eigenvalue weighted by molar-refractivity contribution is -0.118. The van der Waals surface area contributed by atoms with Gasteiger partial charge in [0.2, 0.25) is 5.91 Å². The Hall–Kier alpha value is -1.09. The minimum absolute atomic E-state index is 0.00924. The van der Waals surface area contributed by atoms with E-state index in [-0.39, 0.29) is 12.2 Å². The van der Waals surface area contributed by atoms with Crippen molar-refractivity contribution in [2.45, 2.75) is 26.1 Å². The topological polar surface area (TPSA) is 78.1 Å². The molecule has 25 heavy (non-hydrogen) atoms. The summed E-state index contributed by atoms with van der Waals surface area (Å²) < 4.78 is 21.5. The van der Waals surface area contributed by atoms with Crippen molar-refractivity contribution in [3.05, 3.63) is 12.3 Å². The van der Waals surface area contributed by atoms with Gasteiger partial charge < -0.3 is 29.6 Å². The van der Waals surface area contributed by atoms with E-state index in [2.05, 4.69) is 24.1 Å². The zero-order valence-corrected chi connectivity index (χ0v) is 15.5. The van der Waals surface area contributed by atoms with Crippen LogP contribution in [0.5, 0.6) is 0 Å². The molecule has 1 amide bonds. The van der Waals surface area contributed by atoms with Crippen LogP contribution in [0.3, 0.4) is 0 Å². The van der Waals surface area contributed by atoms with Crippen LogP contribution in [0.1, 0.15) is 19.8 Å². The third kappa shape index (κ3) is 19.1. The number of hydrogen-bond acceptors (Lipinski definition) is 6. The molecule has 0 saturated heterocycles. The van der Waals surface area contributed by atoms with Gasteiger partial charge in [-0.2, -0.15) is 0 Å². The van der Waals surface area contributed by atoms with Crippen molar-refractivity contribution in [1.82, 2.24) is 10.6 Å². The van der Waals surface area contributed by atoms with Crippen LogP contribution in [0, 0.1) is 0 Å². The Morgan fingerprint density at radius 3 is 1.88 bits per heavy atom. The molecule has 0 atom stereocenters. The van der Waals surface area contributed by atoms with E-state index < -0.39 is 0 Å². The van der Waals surface area contributed by atoms with Crippen molar-refractivity contribution in [2.75, 3.05) is 65.9 Å². The van der Waals surface area contributed by atoms with E-state index in [9.17, 15) is 4.79 Å². The maximum Gasteiger partial charge on any atom is 0.211 e. The summed E-state index contributed by atoms with van der Waals surface area (Å²) >= 11 is 0. The molecule has 8 heteroatoms. The van der Waals surface area contributed by atoms with E-state index in [4.69, 9.17) is 26.8 Å². The van der Waals surface area contributed by atoms with Crippen LogP contribution >= 0.6 is 0 Å². The molecular formula is C17H33BN2O5. The molecule has 0 rings (SSSR count). The van der Waals surface area contributed by atoms with Gasteiger partial charge in [0.15, 0.2) is 0 Å². The Bertz CT molecular complexity index is 332. The number of nitrogens with one attached hydrogen (secondary N) is 2. The number of ether oxygens (including phenoxy) is 4. The molecule has 0 saturated carbocycles. The predicted molar refractivity (Wildman–Crippen MR) is 98.9 cm³/mol. The molecule has 7 nitrogen and oxygen atoms in total. The van der Waals surface area contributed by atoms with Gasteiger partial charge >= 0.3 is 0 Å². The average Bonchev–Trinajstić information content (AvgIpc) is 2.61. The maximum atomic E-state index is 11.0. The van der Waals surface area contributed by atoms with E-state index in [1.54, 1.807) is 0 Å². The summed E-state index contributed by atoms with van der Waals surface area (Å²) in [5.74, 6) is -0.161. The second-order valence-corrected chi connectivity index (χ2v) is 5.28. The number of amides is 1. The third-order valence-corrected chi connectivity index (χ3v) is 3.02. The van der Waals surface area contributed by atoms with Crippen LogP contribution in [-0.4, -0.2) is 79.7 Å². The van der Waals surface area contributed by atoms with E-state index in [0.29, 0.717) is 65.8 Å². The van der Waals surface area contributed by atoms with Gasteiger partial charge in [-0.1, -0.05) is 13.5 Å². The molecule has 0 heterocycles. The van der Waals surface area contributed by atoms with Gasteiger partial charge in [-0.15, -0.1) is 0 Å². The van der Waals surface area contributed by atoms with Gasteiger partial charge in [0, 0.05) is 31.8 Å². The van der Waals surface area contributed by atoms with Gasteiger partial charge in [0.25, 0.3) is 0 Å². The highest BCUT2D eigenvalue weighted by atomic mass is 16.6. The van der Waals surface area contributed by atoms with Crippen molar-refractivity contribution in [3.63, 3.8) is 0 Å². The number of rotatable bonds is 19. The summed E-state index contributed by atoms with van der Waals surface area (Å²) in [4.78, 5) is 11.0. The lowest BCUT2D eigenvalue weighted by Crippen LogP contribution is -2.26. The maximum absolute atomic E-state index is 11.0. The first-order valence-electron chi connectivity index (χ1n) is 8.90. The van der Waals surface area contributed by atoms with Gasteiger partial charge in [-0.3, -0.25) is 4.79 Å². The molecule has 0 fully saturated rings. The minimum atomic E-state index is -0.161. The number of carbonyl (C=O) groups excluding carboxylic acids is 1. The molecule has 0 aromatic rings. The highest BCUT2D eigenvalue weighted by Crippen LogP contribution is 1.91. The van der Waals surface area contributed by atoms with Crippen molar-refractivity contribution >= 4 is 13.8 Å². The van der Waals surface area contributed by atoms with E-state index in [1.807, 2.05) is 0 Å². The second-order valence-electron chi connectivity index (χ2n) is 5.28. The molecule has 0 aromatic carbocycles. The average molecular weight is 356 g/mol. The molecule has 0 aliphatic rings. The molecule has 0 aliphatic carbocycles. The van der Waals surface area contributed by atoms with Gasteiger partial charge in [-0.25, -0.2) is 0 Å². The van der Waals surface area contributed by atoms with Crippen LogP contribution in [0.15, 0.2) is 12.3 Å². The van der Waals surface area contributed by atoms with Crippen molar-refractivity contribution in [3.8, 4) is 0 Å². The highest BCUT2D eigenvalue weighted by Gasteiger charge is 1.98. The fourth-order valence-electron chi connectivity index (χ4n) is 1.72. The Kier molecular flexibility index (Phi) is 18.4. The van der Waals surface area contributed by atoms with Crippen molar-refractivity contribution < 1.29 is 23.7 Å². The van der Waals surface area contributed by atoms with Crippen LogP contribution < -0.4 is 10.6 Å². The third-order valence-electron chi connectivity index (χ3n) is 3.02. The lowest BCUT2D eigenvalue weighted by atomic mass is 10.1. The molecule has 0 unspecified atom stereocenters. The first-order chi connectivity index (χ1) is 12.2. The Balaban J connectivity index is 3.15. The molecule has 2 N–H and O–H groups in total.